The maximum Gasteiger partial charge on any atom is 0.195 e. The van der Waals surface area contributed by atoms with Crippen molar-refractivity contribution in [2.45, 2.75) is 13.3 Å². The lowest BCUT2D eigenvalue weighted by Gasteiger charge is -1.91. The molecule has 0 aliphatic rings. The highest BCUT2D eigenvalue weighted by Gasteiger charge is 2.04. The van der Waals surface area contributed by atoms with Crippen molar-refractivity contribution >= 4 is 23.2 Å². The molecule has 3 heteroatoms. The fourth-order valence-electron chi connectivity index (χ4n) is 1.43. The Morgan fingerprint density at radius 2 is 2.29 bits per heavy atom. The Morgan fingerprint density at radius 3 is 2.94 bits per heavy atom. The minimum absolute atomic E-state index is 0.0542. The molecule has 0 aliphatic heterocycles. The fraction of sp³-hybridized carbons (Fsp3) is 0.143. The summed E-state index contributed by atoms with van der Waals surface area (Å²) in [6.45, 7) is 2.09. The molecule has 0 saturated carbocycles. The van der Waals surface area contributed by atoms with Crippen LogP contribution in [0.2, 0.25) is 0 Å². The SMILES string of the molecule is CCc1ccc(C(=O)/C=C/c2cccnc2)s1. The molecular weight excluding hydrogens is 230 g/mol. The molecule has 0 N–H and O–H groups in total. The van der Waals surface area contributed by atoms with Gasteiger partial charge in [-0.15, -0.1) is 11.3 Å². The summed E-state index contributed by atoms with van der Waals surface area (Å²) in [6.07, 6.45) is 7.81. The lowest BCUT2D eigenvalue weighted by molar-refractivity contribution is 0.105. The number of allylic oxidation sites excluding steroid dienone is 1. The zero-order valence-corrected chi connectivity index (χ0v) is 10.4. The average molecular weight is 243 g/mol. The Balaban J connectivity index is 2.09. The molecular formula is C14H13NOS. The van der Waals surface area contributed by atoms with Crippen LogP contribution < -0.4 is 0 Å². The van der Waals surface area contributed by atoms with Crippen LogP contribution in [-0.2, 0) is 6.42 Å². The van der Waals surface area contributed by atoms with Crippen molar-refractivity contribution in [3.05, 3.63) is 58.1 Å². The average Bonchev–Trinajstić information content (AvgIpc) is 2.86. The molecule has 0 saturated heterocycles. The largest absolute Gasteiger partial charge is 0.288 e. The molecule has 2 aromatic heterocycles. The van der Waals surface area contributed by atoms with Gasteiger partial charge in [0.05, 0.1) is 4.88 Å². The number of hydrogen-bond acceptors (Lipinski definition) is 3. The molecule has 0 aliphatic carbocycles. The monoisotopic (exact) mass is 243 g/mol. The van der Waals surface area contributed by atoms with Gasteiger partial charge in [-0.25, -0.2) is 0 Å². The van der Waals surface area contributed by atoms with Crippen LogP contribution in [0.25, 0.3) is 6.08 Å². The molecule has 0 fully saturated rings. The van der Waals surface area contributed by atoms with Crippen molar-refractivity contribution in [2.24, 2.45) is 0 Å². The summed E-state index contributed by atoms with van der Waals surface area (Å²) >= 11 is 1.56. The third kappa shape index (κ3) is 3.11. The molecule has 2 aromatic rings. The molecule has 0 unspecified atom stereocenters. The van der Waals surface area contributed by atoms with Crippen LogP contribution in [0.4, 0.5) is 0 Å². The number of thiophene rings is 1. The highest BCUT2D eigenvalue weighted by atomic mass is 32.1. The summed E-state index contributed by atoms with van der Waals surface area (Å²) in [5.41, 5.74) is 0.938. The first-order valence-electron chi connectivity index (χ1n) is 5.50. The number of aryl methyl sites for hydroxylation is 1. The Bertz CT molecular complexity index is 528. The second kappa shape index (κ2) is 5.55. The molecule has 0 spiro atoms. The molecule has 0 atom stereocenters. The van der Waals surface area contributed by atoms with Gasteiger partial charge in [-0.05, 0) is 42.3 Å². The number of ketones is 1. The molecule has 2 heterocycles. The van der Waals surface area contributed by atoms with E-state index in [-0.39, 0.29) is 5.78 Å². The molecule has 86 valence electrons. The highest BCUT2D eigenvalue weighted by molar-refractivity contribution is 7.14. The smallest absolute Gasteiger partial charge is 0.195 e. The molecule has 0 radical (unpaired) electrons. The quantitative estimate of drug-likeness (QED) is 0.606. The van der Waals surface area contributed by atoms with E-state index in [1.807, 2.05) is 24.3 Å². The summed E-state index contributed by atoms with van der Waals surface area (Å²) in [4.78, 5) is 17.9. The van der Waals surface area contributed by atoms with Gasteiger partial charge in [0.1, 0.15) is 0 Å². The predicted octanol–water partition coefficient (Wildman–Crippen LogP) is 3.60. The van der Waals surface area contributed by atoms with Crippen LogP contribution in [0.15, 0.2) is 42.7 Å². The second-order valence-electron chi connectivity index (χ2n) is 3.60. The van der Waals surface area contributed by atoms with Crippen molar-refractivity contribution in [3.8, 4) is 0 Å². The number of carbonyl (C=O) groups is 1. The first-order valence-corrected chi connectivity index (χ1v) is 6.32. The third-order valence-electron chi connectivity index (χ3n) is 2.36. The van der Waals surface area contributed by atoms with Crippen molar-refractivity contribution in [3.63, 3.8) is 0 Å². The Hall–Kier alpha value is -1.74. The number of pyridine rings is 1. The van der Waals surface area contributed by atoms with Crippen LogP contribution in [0.5, 0.6) is 0 Å². The van der Waals surface area contributed by atoms with Crippen LogP contribution in [-0.4, -0.2) is 10.8 Å². The summed E-state index contributed by atoms with van der Waals surface area (Å²) in [5, 5.41) is 0. The third-order valence-corrected chi connectivity index (χ3v) is 3.61. The predicted molar refractivity (Wildman–Crippen MR) is 71.3 cm³/mol. The molecule has 0 aromatic carbocycles. The van der Waals surface area contributed by atoms with E-state index in [2.05, 4.69) is 11.9 Å². The summed E-state index contributed by atoms with van der Waals surface area (Å²) < 4.78 is 0. The standard InChI is InChI=1S/C14H13NOS/c1-2-12-6-8-14(17-12)13(16)7-5-11-4-3-9-15-10-11/h3-10H,2H2,1H3/b7-5+. The topological polar surface area (TPSA) is 30.0 Å². The lowest BCUT2D eigenvalue weighted by Crippen LogP contribution is -1.88. The normalized spacial score (nSPS) is 10.9. The number of aromatic nitrogens is 1. The zero-order chi connectivity index (χ0) is 12.1. The van der Waals surface area contributed by atoms with Gasteiger partial charge in [0.2, 0.25) is 0 Å². The van der Waals surface area contributed by atoms with E-state index in [0.717, 1.165) is 16.9 Å². The van der Waals surface area contributed by atoms with E-state index < -0.39 is 0 Å². The van der Waals surface area contributed by atoms with E-state index >= 15 is 0 Å². The van der Waals surface area contributed by atoms with Crippen molar-refractivity contribution in [1.29, 1.82) is 0 Å². The summed E-state index contributed by atoms with van der Waals surface area (Å²) in [5.74, 6) is 0.0542. The van der Waals surface area contributed by atoms with Crippen molar-refractivity contribution in [2.75, 3.05) is 0 Å². The molecule has 2 rings (SSSR count). The van der Waals surface area contributed by atoms with Crippen LogP contribution in [0, 0.1) is 0 Å². The number of carbonyl (C=O) groups excluding carboxylic acids is 1. The van der Waals surface area contributed by atoms with Gasteiger partial charge in [0.15, 0.2) is 5.78 Å². The molecule has 17 heavy (non-hydrogen) atoms. The van der Waals surface area contributed by atoms with Gasteiger partial charge < -0.3 is 0 Å². The number of rotatable bonds is 4. The maximum absolute atomic E-state index is 11.9. The first kappa shape index (κ1) is 11.7. The second-order valence-corrected chi connectivity index (χ2v) is 4.77. The number of hydrogen-bond donors (Lipinski definition) is 0. The Labute approximate surface area is 105 Å². The fourth-order valence-corrected chi connectivity index (χ4v) is 2.30. The number of nitrogens with zero attached hydrogens (tertiary/aromatic N) is 1. The molecule has 0 bridgehead atoms. The van der Waals surface area contributed by atoms with E-state index in [0.29, 0.717) is 0 Å². The van der Waals surface area contributed by atoms with Crippen LogP contribution in [0.1, 0.15) is 27.0 Å². The van der Waals surface area contributed by atoms with Gasteiger partial charge in [-0.1, -0.05) is 13.0 Å². The van der Waals surface area contributed by atoms with E-state index in [9.17, 15) is 4.79 Å². The van der Waals surface area contributed by atoms with E-state index in [1.54, 1.807) is 35.9 Å². The van der Waals surface area contributed by atoms with Gasteiger partial charge >= 0.3 is 0 Å². The lowest BCUT2D eigenvalue weighted by atomic mass is 10.2. The van der Waals surface area contributed by atoms with E-state index in [1.165, 1.54) is 4.88 Å². The van der Waals surface area contributed by atoms with Crippen molar-refractivity contribution < 1.29 is 4.79 Å². The summed E-state index contributed by atoms with van der Waals surface area (Å²) in [6, 6.07) is 7.67. The molecule has 0 amide bonds. The van der Waals surface area contributed by atoms with Crippen LogP contribution in [0.3, 0.4) is 0 Å². The highest BCUT2D eigenvalue weighted by Crippen LogP contribution is 2.18. The van der Waals surface area contributed by atoms with Gasteiger partial charge in [-0.2, -0.15) is 0 Å². The van der Waals surface area contributed by atoms with E-state index in [4.69, 9.17) is 0 Å². The minimum atomic E-state index is 0.0542. The maximum atomic E-state index is 11.9. The van der Waals surface area contributed by atoms with Gasteiger partial charge in [0, 0.05) is 17.3 Å². The Kier molecular flexibility index (Phi) is 3.83. The zero-order valence-electron chi connectivity index (χ0n) is 9.59. The van der Waals surface area contributed by atoms with Crippen LogP contribution >= 0.6 is 11.3 Å². The molecule has 2 nitrogen and oxygen atoms in total. The van der Waals surface area contributed by atoms with Crippen molar-refractivity contribution in [1.82, 2.24) is 4.98 Å². The summed E-state index contributed by atoms with van der Waals surface area (Å²) in [7, 11) is 0. The Morgan fingerprint density at radius 1 is 1.41 bits per heavy atom. The first-order chi connectivity index (χ1) is 8.29. The minimum Gasteiger partial charge on any atom is -0.288 e. The van der Waals surface area contributed by atoms with Gasteiger partial charge in [-0.3, -0.25) is 9.78 Å². The van der Waals surface area contributed by atoms with Gasteiger partial charge in [0.25, 0.3) is 0 Å².